The van der Waals surface area contributed by atoms with E-state index in [4.69, 9.17) is 11.6 Å². The number of nitrogens with one attached hydrogen (secondary N) is 1. The van der Waals surface area contributed by atoms with Crippen molar-refractivity contribution in [1.29, 1.82) is 0 Å². The van der Waals surface area contributed by atoms with Gasteiger partial charge in [-0.1, -0.05) is 35.4 Å². The molecule has 0 radical (unpaired) electrons. The average Bonchev–Trinajstić information content (AvgIpc) is 2.33. The molecule has 1 aliphatic rings. The zero-order valence-electron chi connectivity index (χ0n) is 9.25. The summed E-state index contributed by atoms with van der Waals surface area (Å²) >= 11 is 5.82. The second-order valence-corrected chi connectivity index (χ2v) is 4.38. The quantitative estimate of drug-likeness (QED) is 0.812. The first-order valence-corrected chi connectivity index (χ1v) is 6.07. The van der Waals surface area contributed by atoms with Crippen LogP contribution in [0.15, 0.2) is 48.1 Å². The maximum absolute atomic E-state index is 5.82. The summed E-state index contributed by atoms with van der Waals surface area (Å²) in [6.45, 7) is 0.970. The van der Waals surface area contributed by atoms with Crippen molar-refractivity contribution in [2.75, 3.05) is 11.9 Å². The fourth-order valence-corrected chi connectivity index (χ4v) is 1.90. The van der Waals surface area contributed by atoms with E-state index in [1.54, 1.807) is 0 Å². The van der Waals surface area contributed by atoms with Crippen LogP contribution in [0.4, 0.5) is 5.69 Å². The third-order valence-electron chi connectivity index (χ3n) is 2.66. The highest BCUT2D eigenvalue weighted by Gasteiger charge is 1.97. The highest BCUT2D eigenvalue weighted by atomic mass is 35.5. The predicted octanol–water partition coefficient (Wildman–Crippen LogP) is 4.42. The Kier molecular flexibility index (Phi) is 4.06. The number of halogens is 1. The van der Waals surface area contributed by atoms with E-state index in [1.165, 1.54) is 18.4 Å². The van der Waals surface area contributed by atoms with Crippen LogP contribution < -0.4 is 5.32 Å². The summed E-state index contributed by atoms with van der Waals surface area (Å²) in [4.78, 5) is 0. The first-order valence-electron chi connectivity index (χ1n) is 5.69. The largest absolute Gasteiger partial charge is 0.385 e. The van der Waals surface area contributed by atoms with Gasteiger partial charge >= 0.3 is 0 Å². The van der Waals surface area contributed by atoms with Crippen molar-refractivity contribution < 1.29 is 0 Å². The highest BCUT2D eigenvalue weighted by Crippen LogP contribution is 2.15. The van der Waals surface area contributed by atoms with Crippen molar-refractivity contribution in [3.63, 3.8) is 0 Å². The molecular weight excluding hydrogens is 218 g/mol. The maximum Gasteiger partial charge on any atom is 0.0407 e. The van der Waals surface area contributed by atoms with E-state index in [9.17, 15) is 0 Å². The van der Waals surface area contributed by atoms with Crippen molar-refractivity contribution in [2.45, 2.75) is 19.3 Å². The Morgan fingerprint density at radius 2 is 1.94 bits per heavy atom. The highest BCUT2D eigenvalue weighted by molar-refractivity contribution is 6.30. The van der Waals surface area contributed by atoms with Crippen LogP contribution in [0.3, 0.4) is 0 Å². The summed E-state index contributed by atoms with van der Waals surface area (Å²) < 4.78 is 0. The Morgan fingerprint density at radius 3 is 2.62 bits per heavy atom. The summed E-state index contributed by atoms with van der Waals surface area (Å²) in [5.74, 6) is 0. The van der Waals surface area contributed by atoms with Crippen LogP contribution in [0, 0.1) is 0 Å². The molecule has 0 unspecified atom stereocenters. The maximum atomic E-state index is 5.82. The SMILES string of the molecule is Clc1ccc(NCCC2=CCCC=C2)cc1. The van der Waals surface area contributed by atoms with Gasteiger partial charge in [0.05, 0.1) is 0 Å². The van der Waals surface area contributed by atoms with E-state index in [2.05, 4.69) is 23.5 Å². The first-order chi connectivity index (χ1) is 7.84. The fourth-order valence-electron chi connectivity index (χ4n) is 1.77. The lowest BCUT2D eigenvalue weighted by molar-refractivity contribution is 0.953. The van der Waals surface area contributed by atoms with Crippen LogP contribution in [0.1, 0.15) is 19.3 Å². The Balaban J connectivity index is 1.77. The third-order valence-corrected chi connectivity index (χ3v) is 2.91. The van der Waals surface area contributed by atoms with Crippen LogP contribution in [0.25, 0.3) is 0 Å². The molecule has 1 N–H and O–H groups in total. The fraction of sp³-hybridized carbons (Fsp3) is 0.286. The molecule has 0 aliphatic heterocycles. The van der Waals surface area contributed by atoms with Crippen LogP contribution in [-0.4, -0.2) is 6.54 Å². The molecule has 1 aromatic rings. The Morgan fingerprint density at radius 1 is 1.12 bits per heavy atom. The topological polar surface area (TPSA) is 12.0 Å². The van der Waals surface area contributed by atoms with E-state index in [0.717, 1.165) is 23.7 Å². The van der Waals surface area contributed by atoms with Crippen LogP contribution in [0.2, 0.25) is 5.02 Å². The van der Waals surface area contributed by atoms with Gasteiger partial charge in [0.25, 0.3) is 0 Å². The molecule has 0 amide bonds. The summed E-state index contributed by atoms with van der Waals surface area (Å²) in [5, 5.41) is 4.17. The average molecular weight is 234 g/mol. The lowest BCUT2D eigenvalue weighted by Crippen LogP contribution is -2.02. The summed E-state index contributed by atoms with van der Waals surface area (Å²) in [5.41, 5.74) is 2.57. The van der Waals surface area contributed by atoms with Gasteiger partial charge in [0.1, 0.15) is 0 Å². The second-order valence-electron chi connectivity index (χ2n) is 3.94. The molecule has 0 spiro atoms. The van der Waals surface area contributed by atoms with Crippen molar-refractivity contribution >= 4 is 17.3 Å². The molecule has 1 aromatic carbocycles. The van der Waals surface area contributed by atoms with Gasteiger partial charge in [-0.2, -0.15) is 0 Å². The number of benzene rings is 1. The molecule has 0 saturated heterocycles. The van der Waals surface area contributed by atoms with Gasteiger partial charge in [-0.3, -0.25) is 0 Å². The van der Waals surface area contributed by atoms with Crippen molar-refractivity contribution in [3.05, 3.63) is 53.1 Å². The Hall–Kier alpha value is -1.21. The Bertz CT molecular complexity index is 390. The monoisotopic (exact) mass is 233 g/mol. The first kappa shape index (κ1) is 11.3. The number of allylic oxidation sites excluding steroid dienone is 3. The molecule has 1 aliphatic carbocycles. The lowest BCUT2D eigenvalue weighted by atomic mass is 10.0. The molecule has 0 atom stereocenters. The molecule has 1 nitrogen and oxygen atoms in total. The molecule has 0 fully saturated rings. The number of rotatable bonds is 4. The van der Waals surface area contributed by atoms with Crippen molar-refractivity contribution in [1.82, 2.24) is 0 Å². The van der Waals surface area contributed by atoms with Crippen LogP contribution in [0.5, 0.6) is 0 Å². The molecule has 0 aromatic heterocycles. The Labute approximate surface area is 102 Å². The molecule has 84 valence electrons. The predicted molar refractivity (Wildman–Crippen MR) is 71.0 cm³/mol. The van der Waals surface area contributed by atoms with Gasteiger partial charge in [-0.05, 0) is 43.5 Å². The third kappa shape index (κ3) is 3.42. The molecule has 0 saturated carbocycles. The van der Waals surface area contributed by atoms with E-state index in [1.807, 2.05) is 24.3 Å². The molecule has 0 bridgehead atoms. The van der Waals surface area contributed by atoms with Crippen molar-refractivity contribution in [2.24, 2.45) is 0 Å². The van der Waals surface area contributed by atoms with Gasteiger partial charge in [0, 0.05) is 17.3 Å². The smallest absolute Gasteiger partial charge is 0.0407 e. The molecule has 2 rings (SSSR count). The van der Waals surface area contributed by atoms with Crippen LogP contribution in [-0.2, 0) is 0 Å². The minimum absolute atomic E-state index is 0.781. The molecule has 0 heterocycles. The summed E-state index contributed by atoms with van der Waals surface area (Å²) in [7, 11) is 0. The zero-order chi connectivity index (χ0) is 11.2. The number of hydrogen-bond donors (Lipinski definition) is 1. The minimum Gasteiger partial charge on any atom is -0.385 e. The van der Waals surface area contributed by atoms with Gasteiger partial charge in [-0.15, -0.1) is 0 Å². The van der Waals surface area contributed by atoms with Gasteiger partial charge in [-0.25, -0.2) is 0 Å². The van der Waals surface area contributed by atoms with E-state index in [-0.39, 0.29) is 0 Å². The number of hydrogen-bond acceptors (Lipinski definition) is 1. The molecular formula is C14H16ClN. The van der Waals surface area contributed by atoms with E-state index < -0.39 is 0 Å². The van der Waals surface area contributed by atoms with Gasteiger partial charge in [0.2, 0.25) is 0 Å². The van der Waals surface area contributed by atoms with E-state index in [0.29, 0.717) is 0 Å². The number of anilines is 1. The van der Waals surface area contributed by atoms with Gasteiger partial charge < -0.3 is 5.32 Å². The second kappa shape index (κ2) is 5.76. The summed E-state index contributed by atoms with van der Waals surface area (Å²) in [6.07, 6.45) is 10.3. The molecule has 16 heavy (non-hydrogen) atoms. The normalized spacial score (nSPS) is 14.7. The molecule has 2 heteroatoms. The lowest BCUT2D eigenvalue weighted by Gasteiger charge is -2.09. The van der Waals surface area contributed by atoms with Crippen molar-refractivity contribution in [3.8, 4) is 0 Å². The van der Waals surface area contributed by atoms with Crippen LogP contribution >= 0.6 is 11.6 Å². The minimum atomic E-state index is 0.781. The standard InChI is InChI=1S/C14H16ClN/c15-13-6-8-14(9-7-13)16-11-10-12-4-2-1-3-5-12/h2,4-9,16H,1,3,10-11H2. The summed E-state index contributed by atoms with van der Waals surface area (Å²) in [6, 6.07) is 7.83. The zero-order valence-corrected chi connectivity index (χ0v) is 10.0. The van der Waals surface area contributed by atoms with Gasteiger partial charge in [0.15, 0.2) is 0 Å². The van der Waals surface area contributed by atoms with E-state index >= 15 is 0 Å².